The predicted molar refractivity (Wildman–Crippen MR) is 51.1 cm³/mol. The Morgan fingerprint density at radius 2 is 1.92 bits per heavy atom. The van der Waals surface area contributed by atoms with Crippen molar-refractivity contribution in [2.75, 3.05) is 13.7 Å². The van der Waals surface area contributed by atoms with E-state index < -0.39 is 0 Å². The molecule has 0 radical (unpaired) electrons. The Kier molecular flexibility index (Phi) is 6.39. The molecule has 2 nitrogen and oxygen atoms in total. The lowest BCUT2D eigenvalue weighted by atomic mass is 9.94. The molecule has 0 bridgehead atoms. The third kappa shape index (κ3) is 4.73. The number of methoxy groups -OCH3 is 1. The van der Waals surface area contributed by atoms with Crippen LogP contribution in [0.4, 0.5) is 0 Å². The zero-order valence-corrected chi connectivity index (χ0v) is 8.71. The van der Waals surface area contributed by atoms with Crippen LogP contribution in [-0.4, -0.2) is 24.9 Å². The van der Waals surface area contributed by atoms with Crippen LogP contribution in [0.2, 0.25) is 0 Å². The average molecular weight is 174 g/mol. The van der Waals surface area contributed by atoms with Gasteiger partial charge in [-0.3, -0.25) is 0 Å². The highest BCUT2D eigenvalue weighted by Crippen LogP contribution is 2.15. The van der Waals surface area contributed by atoms with Crippen LogP contribution in [-0.2, 0) is 4.74 Å². The van der Waals surface area contributed by atoms with Gasteiger partial charge in [-0.05, 0) is 18.3 Å². The Morgan fingerprint density at radius 3 is 2.33 bits per heavy atom. The smallest absolute Gasteiger partial charge is 0.0569 e. The highest BCUT2D eigenvalue weighted by molar-refractivity contribution is 4.66. The molecule has 0 rings (SSSR count). The number of hydrogen-bond acceptors (Lipinski definition) is 2. The van der Waals surface area contributed by atoms with Crippen LogP contribution in [0.3, 0.4) is 0 Å². The van der Waals surface area contributed by atoms with Crippen LogP contribution in [0.15, 0.2) is 0 Å². The van der Waals surface area contributed by atoms with Crippen LogP contribution in [0.5, 0.6) is 0 Å². The first-order chi connectivity index (χ1) is 5.61. The molecular formula is C10H22O2. The van der Waals surface area contributed by atoms with Gasteiger partial charge in [-0.1, -0.05) is 27.2 Å². The van der Waals surface area contributed by atoms with Crippen LogP contribution in [0.1, 0.15) is 33.6 Å². The highest BCUT2D eigenvalue weighted by Gasteiger charge is 2.15. The van der Waals surface area contributed by atoms with Crippen molar-refractivity contribution >= 4 is 0 Å². The molecule has 74 valence electrons. The summed E-state index contributed by atoms with van der Waals surface area (Å²) in [5, 5.41) is 9.66. The summed E-state index contributed by atoms with van der Waals surface area (Å²) in [6.45, 7) is 7.04. The second-order valence-corrected chi connectivity index (χ2v) is 3.75. The van der Waals surface area contributed by atoms with Gasteiger partial charge in [0, 0.05) is 13.7 Å². The Hall–Kier alpha value is -0.0800. The summed E-state index contributed by atoms with van der Waals surface area (Å²) in [7, 11) is 1.70. The summed E-state index contributed by atoms with van der Waals surface area (Å²) in [5.74, 6) is 0.864. The van der Waals surface area contributed by atoms with Gasteiger partial charge in [0.05, 0.1) is 6.10 Å². The normalized spacial score (nSPS) is 18.8. The van der Waals surface area contributed by atoms with E-state index in [1.807, 2.05) is 0 Å². The van der Waals surface area contributed by atoms with Gasteiger partial charge in [0.1, 0.15) is 0 Å². The van der Waals surface area contributed by atoms with Crippen molar-refractivity contribution in [1.29, 1.82) is 0 Å². The van der Waals surface area contributed by atoms with Gasteiger partial charge in [-0.2, -0.15) is 0 Å². The largest absolute Gasteiger partial charge is 0.393 e. The summed E-state index contributed by atoms with van der Waals surface area (Å²) in [5.41, 5.74) is 0. The van der Waals surface area contributed by atoms with E-state index >= 15 is 0 Å². The van der Waals surface area contributed by atoms with E-state index in [0.29, 0.717) is 11.8 Å². The van der Waals surface area contributed by atoms with Gasteiger partial charge in [0.2, 0.25) is 0 Å². The second-order valence-electron chi connectivity index (χ2n) is 3.75. The molecule has 12 heavy (non-hydrogen) atoms. The third-order valence-electron chi connectivity index (χ3n) is 2.40. The Bertz CT molecular complexity index is 104. The minimum atomic E-state index is -0.167. The summed E-state index contributed by atoms with van der Waals surface area (Å²) >= 11 is 0. The van der Waals surface area contributed by atoms with Gasteiger partial charge in [-0.25, -0.2) is 0 Å². The first kappa shape index (κ1) is 11.9. The van der Waals surface area contributed by atoms with Crippen molar-refractivity contribution in [2.45, 2.75) is 39.7 Å². The van der Waals surface area contributed by atoms with Crippen molar-refractivity contribution in [3.63, 3.8) is 0 Å². The Morgan fingerprint density at radius 1 is 1.33 bits per heavy atom. The van der Waals surface area contributed by atoms with Gasteiger partial charge in [0.15, 0.2) is 0 Å². The molecule has 0 aliphatic heterocycles. The molecule has 0 aromatic carbocycles. The molecule has 3 atom stereocenters. The maximum Gasteiger partial charge on any atom is 0.0569 e. The van der Waals surface area contributed by atoms with Crippen molar-refractivity contribution in [2.24, 2.45) is 11.8 Å². The maximum atomic E-state index is 9.66. The zero-order chi connectivity index (χ0) is 9.56. The first-order valence-corrected chi connectivity index (χ1v) is 4.78. The van der Waals surface area contributed by atoms with Crippen LogP contribution in [0, 0.1) is 11.8 Å². The first-order valence-electron chi connectivity index (χ1n) is 4.78. The number of ether oxygens (including phenoxy) is 1. The summed E-state index contributed by atoms with van der Waals surface area (Å²) < 4.78 is 5.01. The molecule has 2 heteroatoms. The minimum absolute atomic E-state index is 0.167. The lowest BCUT2D eigenvalue weighted by Crippen LogP contribution is -2.21. The average Bonchev–Trinajstić information content (AvgIpc) is 2.03. The second kappa shape index (κ2) is 6.44. The van der Waals surface area contributed by atoms with E-state index in [-0.39, 0.29) is 6.10 Å². The van der Waals surface area contributed by atoms with Gasteiger partial charge >= 0.3 is 0 Å². The van der Waals surface area contributed by atoms with E-state index in [9.17, 15) is 5.11 Å². The SMILES string of the molecule is CCC(C)C(O)CC(C)COC. The number of hydrogen-bond donors (Lipinski definition) is 1. The molecule has 0 aromatic rings. The lowest BCUT2D eigenvalue weighted by Gasteiger charge is -2.20. The Labute approximate surface area is 75.9 Å². The van der Waals surface area contributed by atoms with E-state index in [1.54, 1.807) is 7.11 Å². The quantitative estimate of drug-likeness (QED) is 0.668. The van der Waals surface area contributed by atoms with Crippen LogP contribution < -0.4 is 0 Å². The number of rotatable bonds is 6. The molecule has 0 aliphatic carbocycles. The van der Waals surface area contributed by atoms with E-state index in [1.165, 1.54) is 0 Å². The number of aliphatic hydroxyl groups excluding tert-OH is 1. The third-order valence-corrected chi connectivity index (χ3v) is 2.40. The van der Waals surface area contributed by atoms with Gasteiger partial charge < -0.3 is 9.84 Å². The molecule has 0 spiro atoms. The van der Waals surface area contributed by atoms with E-state index in [4.69, 9.17) is 4.74 Å². The number of aliphatic hydroxyl groups is 1. The van der Waals surface area contributed by atoms with Gasteiger partial charge in [0.25, 0.3) is 0 Å². The fourth-order valence-electron chi connectivity index (χ4n) is 1.27. The molecule has 1 N–H and O–H groups in total. The molecular weight excluding hydrogens is 152 g/mol. The van der Waals surface area contributed by atoms with Crippen LogP contribution >= 0.6 is 0 Å². The predicted octanol–water partition coefficient (Wildman–Crippen LogP) is 2.07. The van der Waals surface area contributed by atoms with Gasteiger partial charge in [-0.15, -0.1) is 0 Å². The zero-order valence-electron chi connectivity index (χ0n) is 8.71. The maximum absolute atomic E-state index is 9.66. The monoisotopic (exact) mass is 174 g/mol. The molecule has 0 saturated heterocycles. The molecule has 3 unspecified atom stereocenters. The van der Waals surface area contributed by atoms with Crippen molar-refractivity contribution < 1.29 is 9.84 Å². The Balaban J connectivity index is 3.59. The highest BCUT2D eigenvalue weighted by atomic mass is 16.5. The summed E-state index contributed by atoms with van der Waals surface area (Å²) in [4.78, 5) is 0. The lowest BCUT2D eigenvalue weighted by molar-refractivity contribution is 0.0669. The molecule has 0 fully saturated rings. The summed E-state index contributed by atoms with van der Waals surface area (Å²) in [6.07, 6.45) is 1.73. The fraction of sp³-hybridized carbons (Fsp3) is 1.00. The summed E-state index contributed by atoms with van der Waals surface area (Å²) in [6, 6.07) is 0. The van der Waals surface area contributed by atoms with Crippen molar-refractivity contribution in [3.8, 4) is 0 Å². The van der Waals surface area contributed by atoms with Crippen molar-refractivity contribution in [1.82, 2.24) is 0 Å². The molecule has 0 aliphatic rings. The molecule has 0 heterocycles. The standard InChI is InChI=1S/C10H22O2/c1-5-9(3)10(11)6-8(2)7-12-4/h8-11H,5-7H2,1-4H3. The minimum Gasteiger partial charge on any atom is -0.393 e. The fourth-order valence-corrected chi connectivity index (χ4v) is 1.27. The van der Waals surface area contributed by atoms with Crippen LogP contribution in [0.25, 0.3) is 0 Å². The topological polar surface area (TPSA) is 29.5 Å². The molecule has 0 aromatic heterocycles. The molecule has 0 amide bonds. The van der Waals surface area contributed by atoms with E-state index in [2.05, 4.69) is 20.8 Å². The van der Waals surface area contributed by atoms with E-state index in [0.717, 1.165) is 19.4 Å². The van der Waals surface area contributed by atoms with Crippen molar-refractivity contribution in [3.05, 3.63) is 0 Å². The molecule has 0 saturated carbocycles.